The van der Waals surface area contributed by atoms with Crippen molar-refractivity contribution in [1.29, 1.82) is 0 Å². The summed E-state index contributed by atoms with van der Waals surface area (Å²) in [7, 11) is -1.49. The minimum atomic E-state index is -3.23. The van der Waals surface area contributed by atoms with Gasteiger partial charge in [0.1, 0.15) is 0 Å². The molecule has 1 aliphatic carbocycles. The predicted molar refractivity (Wildman–Crippen MR) is 62.1 cm³/mol. The summed E-state index contributed by atoms with van der Waals surface area (Å²) in [6, 6.07) is 0. The van der Waals surface area contributed by atoms with Gasteiger partial charge in [-0.05, 0) is 19.3 Å². The summed E-state index contributed by atoms with van der Waals surface area (Å²) in [5.41, 5.74) is -0.561. The third kappa shape index (κ3) is 2.50. The lowest BCUT2D eigenvalue weighted by atomic mass is 9.96. The number of aryl methyl sites for hydroxylation is 1. The van der Waals surface area contributed by atoms with E-state index in [1.54, 1.807) is 17.9 Å². The molecule has 2 rings (SSSR count). The molecule has 1 aromatic rings. The second-order valence-electron chi connectivity index (χ2n) is 4.87. The zero-order valence-corrected chi connectivity index (χ0v) is 10.8. The van der Waals surface area contributed by atoms with Crippen molar-refractivity contribution in [1.82, 2.24) is 15.0 Å². The Bertz CT molecular complexity index is 511. The minimum absolute atomic E-state index is 0.249. The molecule has 6 nitrogen and oxygen atoms in total. The fraction of sp³-hybridized carbons (Fsp3) is 0.800. The molecule has 0 spiro atoms. The number of hydrogen-bond acceptors (Lipinski definition) is 5. The predicted octanol–water partition coefficient (Wildman–Crippen LogP) is -0.314. The first kappa shape index (κ1) is 12.5. The van der Waals surface area contributed by atoms with E-state index in [4.69, 9.17) is 0 Å². The molecule has 1 heterocycles. The van der Waals surface area contributed by atoms with Crippen molar-refractivity contribution in [2.45, 2.75) is 36.5 Å². The van der Waals surface area contributed by atoms with Gasteiger partial charge in [0.25, 0.3) is 0 Å². The van der Waals surface area contributed by atoms with E-state index in [1.165, 1.54) is 6.26 Å². The van der Waals surface area contributed by atoms with Gasteiger partial charge in [0.2, 0.25) is 0 Å². The zero-order chi connectivity index (χ0) is 12.7. The van der Waals surface area contributed by atoms with Gasteiger partial charge >= 0.3 is 0 Å². The molecule has 1 aliphatic rings. The highest BCUT2D eigenvalue weighted by Crippen LogP contribution is 2.36. The van der Waals surface area contributed by atoms with Gasteiger partial charge < -0.3 is 5.11 Å². The molecule has 7 heteroatoms. The second-order valence-corrected chi connectivity index (χ2v) is 7.10. The van der Waals surface area contributed by atoms with Gasteiger partial charge in [0.15, 0.2) is 9.84 Å². The van der Waals surface area contributed by atoms with Crippen molar-refractivity contribution in [3.05, 3.63) is 11.9 Å². The number of hydrogen-bond donors (Lipinski definition) is 1. The Kier molecular flexibility index (Phi) is 2.99. The van der Waals surface area contributed by atoms with Gasteiger partial charge in [-0.2, -0.15) is 0 Å². The van der Waals surface area contributed by atoms with Crippen molar-refractivity contribution >= 4 is 9.84 Å². The van der Waals surface area contributed by atoms with Crippen LogP contribution in [0, 0.1) is 0 Å². The molecular weight excluding hydrogens is 242 g/mol. The van der Waals surface area contributed by atoms with Crippen LogP contribution in [-0.2, 0) is 23.3 Å². The topological polar surface area (TPSA) is 85.1 Å². The van der Waals surface area contributed by atoms with Crippen molar-refractivity contribution in [2.75, 3.05) is 6.26 Å². The number of sulfone groups is 1. The summed E-state index contributed by atoms with van der Waals surface area (Å²) in [6.45, 7) is 0. The van der Waals surface area contributed by atoms with E-state index in [2.05, 4.69) is 10.3 Å². The van der Waals surface area contributed by atoms with Crippen LogP contribution in [0.25, 0.3) is 0 Å². The lowest BCUT2D eigenvalue weighted by Crippen LogP contribution is -2.44. The fourth-order valence-electron chi connectivity index (χ4n) is 2.63. The first-order valence-electron chi connectivity index (χ1n) is 5.58. The monoisotopic (exact) mass is 259 g/mol. The molecule has 0 saturated heterocycles. The van der Waals surface area contributed by atoms with E-state index in [-0.39, 0.29) is 6.42 Å². The molecule has 0 radical (unpaired) electrons. The average molecular weight is 259 g/mol. The van der Waals surface area contributed by atoms with Gasteiger partial charge in [-0.25, -0.2) is 8.42 Å². The zero-order valence-electron chi connectivity index (χ0n) is 10.00. The molecule has 1 N–H and O–H groups in total. The van der Waals surface area contributed by atoms with E-state index < -0.39 is 20.7 Å². The molecule has 96 valence electrons. The highest BCUT2D eigenvalue weighted by atomic mass is 32.2. The molecule has 2 atom stereocenters. The van der Waals surface area contributed by atoms with Crippen molar-refractivity contribution in [3.63, 3.8) is 0 Å². The first-order valence-corrected chi connectivity index (χ1v) is 7.53. The lowest BCUT2D eigenvalue weighted by Gasteiger charge is -2.27. The Hall–Kier alpha value is -0.950. The molecule has 2 unspecified atom stereocenters. The normalized spacial score (nSPS) is 29.7. The van der Waals surface area contributed by atoms with Gasteiger partial charge in [-0.3, -0.25) is 4.68 Å². The van der Waals surface area contributed by atoms with Crippen LogP contribution in [-0.4, -0.2) is 45.6 Å². The quantitative estimate of drug-likeness (QED) is 0.804. The van der Waals surface area contributed by atoms with Gasteiger partial charge in [-0.1, -0.05) is 5.21 Å². The Morgan fingerprint density at radius 2 is 2.35 bits per heavy atom. The van der Waals surface area contributed by atoms with E-state index >= 15 is 0 Å². The van der Waals surface area contributed by atoms with Gasteiger partial charge in [0.05, 0.1) is 16.5 Å². The molecule has 0 bridgehead atoms. The number of nitrogens with zero attached hydrogens (tertiary/aromatic N) is 3. The van der Waals surface area contributed by atoms with Crippen LogP contribution >= 0.6 is 0 Å². The van der Waals surface area contributed by atoms with Crippen molar-refractivity contribution in [2.24, 2.45) is 7.05 Å². The first-order chi connectivity index (χ1) is 7.81. The van der Waals surface area contributed by atoms with E-state index in [9.17, 15) is 13.5 Å². The Balaban J connectivity index is 2.23. The SMILES string of the molecule is Cn1cc(CC2(O)CCCC2S(C)(=O)=O)nn1. The van der Waals surface area contributed by atoms with Gasteiger partial charge in [0, 0.05) is 25.9 Å². The molecule has 1 aromatic heterocycles. The summed E-state index contributed by atoms with van der Waals surface area (Å²) < 4.78 is 24.8. The molecule has 17 heavy (non-hydrogen) atoms. The van der Waals surface area contributed by atoms with Crippen LogP contribution in [0.3, 0.4) is 0 Å². The fourth-order valence-corrected chi connectivity index (χ4v) is 4.22. The summed E-state index contributed by atoms with van der Waals surface area (Å²) in [5.74, 6) is 0. The van der Waals surface area contributed by atoms with Crippen LogP contribution in [0.1, 0.15) is 25.0 Å². The Morgan fingerprint density at radius 1 is 1.65 bits per heavy atom. The minimum Gasteiger partial charge on any atom is -0.388 e. The van der Waals surface area contributed by atoms with Crippen LogP contribution in [0.5, 0.6) is 0 Å². The molecule has 0 amide bonds. The van der Waals surface area contributed by atoms with Crippen LogP contribution in [0.2, 0.25) is 0 Å². The summed E-state index contributed by atoms with van der Waals surface area (Å²) >= 11 is 0. The van der Waals surface area contributed by atoms with E-state index in [0.29, 0.717) is 18.5 Å². The average Bonchev–Trinajstić information content (AvgIpc) is 2.72. The van der Waals surface area contributed by atoms with Crippen LogP contribution in [0.4, 0.5) is 0 Å². The smallest absolute Gasteiger partial charge is 0.153 e. The van der Waals surface area contributed by atoms with Gasteiger partial charge in [-0.15, -0.1) is 5.10 Å². The summed E-state index contributed by atoms with van der Waals surface area (Å²) in [4.78, 5) is 0. The maximum atomic E-state index is 11.6. The number of aliphatic hydroxyl groups is 1. The van der Waals surface area contributed by atoms with Crippen molar-refractivity contribution in [3.8, 4) is 0 Å². The number of rotatable bonds is 3. The third-order valence-electron chi connectivity index (χ3n) is 3.33. The molecule has 1 fully saturated rings. The standard InChI is InChI=1S/C10H17N3O3S/c1-13-7-8(11-12-13)6-10(14)5-3-4-9(10)17(2,15)16/h7,9,14H,3-6H2,1-2H3. The second kappa shape index (κ2) is 4.06. The van der Waals surface area contributed by atoms with Crippen LogP contribution < -0.4 is 0 Å². The Labute approximate surface area is 101 Å². The maximum absolute atomic E-state index is 11.6. The third-order valence-corrected chi connectivity index (χ3v) is 5.04. The summed E-state index contributed by atoms with van der Waals surface area (Å²) in [6.07, 6.45) is 4.89. The van der Waals surface area contributed by atoms with Crippen molar-refractivity contribution < 1.29 is 13.5 Å². The summed E-state index contributed by atoms with van der Waals surface area (Å²) in [5, 5.41) is 17.5. The molecular formula is C10H17N3O3S. The molecule has 1 saturated carbocycles. The van der Waals surface area contributed by atoms with E-state index in [0.717, 1.165) is 6.42 Å². The molecule has 0 aliphatic heterocycles. The highest BCUT2D eigenvalue weighted by Gasteiger charge is 2.47. The Morgan fingerprint density at radius 3 is 2.88 bits per heavy atom. The molecule has 0 aromatic carbocycles. The largest absolute Gasteiger partial charge is 0.388 e. The van der Waals surface area contributed by atoms with E-state index in [1.807, 2.05) is 0 Å². The number of aromatic nitrogens is 3. The maximum Gasteiger partial charge on any atom is 0.153 e. The van der Waals surface area contributed by atoms with Crippen LogP contribution in [0.15, 0.2) is 6.20 Å². The highest BCUT2D eigenvalue weighted by molar-refractivity contribution is 7.91. The lowest BCUT2D eigenvalue weighted by molar-refractivity contribution is 0.0503.